The van der Waals surface area contributed by atoms with Gasteiger partial charge in [0, 0.05) is 0 Å². The SMILES string of the molecule is FC(F)(F)C(OP(Cl)Cl)C(F)(F)F. The molecule has 0 rings (SSSR count). The molecule has 0 radical (unpaired) electrons. The van der Waals surface area contributed by atoms with E-state index in [2.05, 4.69) is 4.52 Å². The zero-order valence-corrected chi connectivity index (χ0v) is 7.86. The second-order valence-electron chi connectivity index (χ2n) is 1.77. The lowest BCUT2D eigenvalue weighted by molar-refractivity contribution is -0.297. The molecule has 0 saturated heterocycles. The second kappa shape index (κ2) is 4.38. The molecule has 0 saturated carbocycles. The maximum atomic E-state index is 11.6. The van der Waals surface area contributed by atoms with E-state index in [0.717, 1.165) is 0 Å². The lowest BCUT2D eigenvalue weighted by Gasteiger charge is -2.22. The molecule has 0 aliphatic rings. The number of alkyl halides is 6. The molecule has 0 aromatic rings. The molecule has 0 bridgehead atoms. The van der Waals surface area contributed by atoms with Crippen LogP contribution in [0.3, 0.4) is 0 Å². The summed E-state index contributed by atoms with van der Waals surface area (Å²) in [6, 6.07) is 0. The summed E-state index contributed by atoms with van der Waals surface area (Å²) in [5.41, 5.74) is 0. The summed E-state index contributed by atoms with van der Waals surface area (Å²) >= 11 is 9.39. The molecular formula is C3HCl2F6OP. The fourth-order valence-electron chi connectivity index (χ4n) is 0.385. The van der Waals surface area contributed by atoms with Crippen LogP contribution in [0.2, 0.25) is 0 Å². The highest BCUT2D eigenvalue weighted by Crippen LogP contribution is 2.53. The highest BCUT2D eigenvalue weighted by Gasteiger charge is 2.58. The lowest BCUT2D eigenvalue weighted by Crippen LogP contribution is -2.42. The van der Waals surface area contributed by atoms with Crippen molar-refractivity contribution in [3.05, 3.63) is 0 Å². The van der Waals surface area contributed by atoms with Gasteiger partial charge in [0.05, 0.1) is 0 Å². The molecule has 0 aromatic carbocycles. The van der Waals surface area contributed by atoms with Crippen LogP contribution in [0.25, 0.3) is 0 Å². The standard InChI is InChI=1S/C3HCl2F6OP/c4-13(5)12-1(2(6,7)8)3(9,10)11/h1H. The Hall–Kier alpha value is 0.550. The Kier molecular flexibility index (Phi) is 4.57. The van der Waals surface area contributed by atoms with Gasteiger partial charge >= 0.3 is 12.4 Å². The van der Waals surface area contributed by atoms with Gasteiger partial charge in [-0.3, -0.25) is 0 Å². The summed E-state index contributed by atoms with van der Waals surface area (Å²) in [5.74, 6) is 0. The smallest absolute Gasteiger partial charge is 0.309 e. The number of hydrogen-bond donors (Lipinski definition) is 0. The first-order chi connectivity index (χ1) is 5.55. The van der Waals surface area contributed by atoms with Crippen LogP contribution in [0, 0.1) is 0 Å². The van der Waals surface area contributed by atoms with E-state index in [1.165, 1.54) is 0 Å². The molecular weight excluding hydrogens is 268 g/mol. The molecule has 0 atom stereocenters. The van der Waals surface area contributed by atoms with Gasteiger partial charge in [-0.2, -0.15) is 26.3 Å². The molecule has 0 heterocycles. The van der Waals surface area contributed by atoms with Crippen LogP contribution in [0.15, 0.2) is 0 Å². The van der Waals surface area contributed by atoms with Crippen molar-refractivity contribution in [1.82, 2.24) is 0 Å². The summed E-state index contributed by atoms with van der Waals surface area (Å²) in [4.78, 5) is 0. The minimum Gasteiger partial charge on any atom is -0.309 e. The molecule has 0 N–H and O–H groups in total. The Bertz CT molecular complexity index is 152. The van der Waals surface area contributed by atoms with Crippen LogP contribution in [-0.4, -0.2) is 18.5 Å². The van der Waals surface area contributed by atoms with Crippen molar-refractivity contribution in [1.29, 1.82) is 0 Å². The van der Waals surface area contributed by atoms with Crippen molar-refractivity contribution in [2.24, 2.45) is 0 Å². The van der Waals surface area contributed by atoms with Crippen molar-refractivity contribution in [3.8, 4) is 0 Å². The Morgan fingerprint density at radius 2 is 1.23 bits per heavy atom. The maximum absolute atomic E-state index is 11.6. The van der Waals surface area contributed by atoms with Crippen molar-refractivity contribution in [2.45, 2.75) is 18.5 Å². The summed E-state index contributed by atoms with van der Waals surface area (Å²) < 4.78 is 73.1. The van der Waals surface area contributed by atoms with Gasteiger partial charge < -0.3 is 4.52 Å². The van der Waals surface area contributed by atoms with Crippen LogP contribution in [-0.2, 0) is 4.52 Å². The van der Waals surface area contributed by atoms with E-state index in [-0.39, 0.29) is 0 Å². The predicted octanol–water partition coefficient (Wildman–Crippen LogP) is 4.20. The number of halogens is 8. The number of hydrogen-bond acceptors (Lipinski definition) is 1. The van der Waals surface area contributed by atoms with Gasteiger partial charge in [0.25, 0.3) is 6.10 Å². The molecule has 0 aliphatic carbocycles. The Morgan fingerprint density at radius 3 is 1.31 bits per heavy atom. The van der Waals surface area contributed by atoms with Gasteiger partial charge in [0.2, 0.25) is 6.85 Å². The zero-order chi connectivity index (χ0) is 10.9. The summed E-state index contributed by atoms with van der Waals surface area (Å²) in [6.45, 7) is -2.76. The van der Waals surface area contributed by atoms with E-state index < -0.39 is 25.3 Å². The van der Waals surface area contributed by atoms with Crippen LogP contribution < -0.4 is 0 Å². The fraction of sp³-hybridized carbons (Fsp3) is 1.00. The summed E-state index contributed by atoms with van der Waals surface area (Å²) in [7, 11) is 0. The van der Waals surface area contributed by atoms with Gasteiger partial charge in [-0.25, -0.2) is 0 Å². The van der Waals surface area contributed by atoms with Gasteiger partial charge in [-0.15, -0.1) is 0 Å². The zero-order valence-electron chi connectivity index (χ0n) is 5.46. The minimum absolute atomic E-state index is 2.76. The molecule has 80 valence electrons. The first-order valence-electron chi connectivity index (χ1n) is 2.47. The average molecular weight is 269 g/mol. The minimum atomic E-state index is -5.57. The topological polar surface area (TPSA) is 9.23 Å². The van der Waals surface area contributed by atoms with Gasteiger partial charge in [-0.1, -0.05) is 0 Å². The molecule has 0 aliphatic heterocycles. The van der Waals surface area contributed by atoms with Crippen molar-refractivity contribution in [3.63, 3.8) is 0 Å². The van der Waals surface area contributed by atoms with E-state index in [9.17, 15) is 26.3 Å². The van der Waals surface area contributed by atoms with Gasteiger partial charge in [0.15, 0.2) is 0 Å². The molecule has 10 heteroatoms. The maximum Gasteiger partial charge on any atom is 0.424 e. The first-order valence-corrected chi connectivity index (χ1v) is 5.54. The van der Waals surface area contributed by atoms with Crippen LogP contribution in [0.4, 0.5) is 26.3 Å². The average Bonchev–Trinajstić information content (AvgIpc) is 1.77. The number of rotatable bonds is 2. The monoisotopic (exact) mass is 268 g/mol. The molecule has 13 heavy (non-hydrogen) atoms. The van der Waals surface area contributed by atoms with E-state index in [1.54, 1.807) is 0 Å². The highest BCUT2D eigenvalue weighted by atomic mass is 35.9. The van der Waals surface area contributed by atoms with E-state index in [0.29, 0.717) is 0 Å². The van der Waals surface area contributed by atoms with Crippen LogP contribution in [0.5, 0.6) is 0 Å². The molecule has 0 spiro atoms. The van der Waals surface area contributed by atoms with E-state index >= 15 is 0 Å². The Balaban J connectivity index is 4.58. The van der Waals surface area contributed by atoms with Crippen LogP contribution >= 0.6 is 29.3 Å². The van der Waals surface area contributed by atoms with Crippen LogP contribution in [0.1, 0.15) is 0 Å². The molecule has 1 nitrogen and oxygen atoms in total. The Morgan fingerprint density at radius 1 is 0.923 bits per heavy atom. The van der Waals surface area contributed by atoms with Gasteiger partial charge in [-0.05, 0) is 22.5 Å². The third-order valence-corrected chi connectivity index (χ3v) is 1.63. The quantitative estimate of drug-likeness (QED) is 0.539. The first kappa shape index (κ1) is 13.5. The summed E-state index contributed by atoms with van der Waals surface area (Å²) in [6.07, 6.45) is -15.1. The largest absolute Gasteiger partial charge is 0.424 e. The highest BCUT2D eigenvalue weighted by molar-refractivity contribution is 8.00. The normalized spacial score (nSPS) is 14.3. The predicted molar refractivity (Wildman–Crippen MR) is 35.6 cm³/mol. The molecule has 0 fully saturated rings. The lowest BCUT2D eigenvalue weighted by atomic mass is 10.3. The second-order valence-corrected chi connectivity index (χ2v) is 4.75. The molecule has 0 unspecified atom stereocenters. The summed E-state index contributed by atoms with van der Waals surface area (Å²) in [5, 5.41) is 0. The van der Waals surface area contributed by atoms with Crippen molar-refractivity contribution in [2.75, 3.05) is 0 Å². The molecule has 0 amide bonds. The van der Waals surface area contributed by atoms with Crippen molar-refractivity contribution >= 4 is 29.3 Å². The Labute approximate surface area is 79.4 Å². The third-order valence-electron chi connectivity index (χ3n) is 0.780. The third kappa shape index (κ3) is 5.10. The molecule has 0 aromatic heterocycles. The van der Waals surface area contributed by atoms with Gasteiger partial charge in [0.1, 0.15) is 0 Å². The van der Waals surface area contributed by atoms with E-state index in [1.807, 2.05) is 0 Å². The van der Waals surface area contributed by atoms with Crippen molar-refractivity contribution < 1.29 is 30.9 Å². The van der Waals surface area contributed by atoms with E-state index in [4.69, 9.17) is 22.5 Å². The fourth-order valence-corrected chi connectivity index (χ4v) is 1.26.